The van der Waals surface area contributed by atoms with Crippen LogP contribution in [0.3, 0.4) is 0 Å². The third kappa shape index (κ3) is 4.18. The van der Waals surface area contributed by atoms with Crippen molar-refractivity contribution in [2.45, 2.75) is 33.8 Å². The molecule has 3 heteroatoms. The number of benzene rings is 2. The molecule has 0 spiro atoms. The molecule has 0 aliphatic carbocycles. The van der Waals surface area contributed by atoms with Gasteiger partial charge in [-0.1, -0.05) is 68.8 Å². The smallest absolute Gasteiger partial charge is 0.119 e. The second-order valence-electron chi connectivity index (χ2n) is 6.54. The van der Waals surface area contributed by atoms with Gasteiger partial charge in [0.15, 0.2) is 0 Å². The van der Waals surface area contributed by atoms with E-state index in [0.717, 1.165) is 11.3 Å². The first kappa shape index (κ1) is 16.2. The van der Waals surface area contributed by atoms with Gasteiger partial charge in [-0.15, -0.1) is 0 Å². The number of hydrogen-bond donors (Lipinski definition) is 2. The molecular formula is C19H24N2O. The van der Waals surface area contributed by atoms with E-state index in [4.69, 9.17) is 0 Å². The Bertz CT molecular complexity index is 625. The van der Waals surface area contributed by atoms with Gasteiger partial charge in [-0.2, -0.15) is 5.10 Å². The lowest BCUT2D eigenvalue weighted by Crippen LogP contribution is -2.28. The summed E-state index contributed by atoms with van der Waals surface area (Å²) < 4.78 is 0. The Balaban J connectivity index is 2.26. The highest BCUT2D eigenvalue weighted by Crippen LogP contribution is 2.27. The summed E-state index contributed by atoms with van der Waals surface area (Å²) in [5.41, 5.74) is 6.48. The molecule has 2 rings (SSSR count). The van der Waals surface area contributed by atoms with Crippen LogP contribution in [0.5, 0.6) is 0 Å². The van der Waals surface area contributed by atoms with Gasteiger partial charge in [0.25, 0.3) is 0 Å². The highest BCUT2D eigenvalue weighted by atomic mass is 16.3. The maximum Gasteiger partial charge on any atom is 0.119 e. The SMILES string of the molecule is Cc1ccc(N/N=C(/C(O)c2ccccc2)C(C)(C)C)cc1. The van der Waals surface area contributed by atoms with Gasteiger partial charge < -0.3 is 5.11 Å². The van der Waals surface area contributed by atoms with E-state index in [2.05, 4.69) is 31.3 Å². The Morgan fingerprint density at radius 1 is 1.00 bits per heavy atom. The van der Waals surface area contributed by atoms with Crippen LogP contribution < -0.4 is 5.43 Å². The lowest BCUT2D eigenvalue weighted by Gasteiger charge is -2.26. The molecule has 0 radical (unpaired) electrons. The molecule has 1 atom stereocenters. The fourth-order valence-electron chi connectivity index (χ4n) is 2.19. The minimum Gasteiger partial charge on any atom is -0.382 e. The molecule has 0 fully saturated rings. The second kappa shape index (κ2) is 6.75. The van der Waals surface area contributed by atoms with E-state index in [9.17, 15) is 5.11 Å². The number of rotatable bonds is 4. The van der Waals surface area contributed by atoms with E-state index in [0.29, 0.717) is 5.71 Å². The van der Waals surface area contributed by atoms with Crippen LogP contribution in [-0.2, 0) is 0 Å². The molecule has 0 aliphatic heterocycles. The Morgan fingerprint density at radius 3 is 2.14 bits per heavy atom. The van der Waals surface area contributed by atoms with Crippen molar-refractivity contribution in [1.29, 1.82) is 0 Å². The average molecular weight is 296 g/mol. The minimum absolute atomic E-state index is 0.243. The van der Waals surface area contributed by atoms with Gasteiger partial charge in [-0.3, -0.25) is 5.43 Å². The first-order valence-corrected chi connectivity index (χ1v) is 7.51. The summed E-state index contributed by atoms with van der Waals surface area (Å²) in [5.74, 6) is 0. The number of aliphatic hydroxyl groups excluding tert-OH is 1. The number of nitrogens with one attached hydrogen (secondary N) is 1. The zero-order valence-corrected chi connectivity index (χ0v) is 13.7. The van der Waals surface area contributed by atoms with Crippen LogP contribution in [0.1, 0.15) is 38.0 Å². The van der Waals surface area contributed by atoms with Crippen molar-refractivity contribution in [3.63, 3.8) is 0 Å². The van der Waals surface area contributed by atoms with Crippen LogP contribution in [0, 0.1) is 12.3 Å². The molecular weight excluding hydrogens is 272 g/mol. The number of hydrogen-bond acceptors (Lipinski definition) is 3. The van der Waals surface area contributed by atoms with Crippen molar-refractivity contribution in [2.24, 2.45) is 10.5 Å². The first-order valence-electron chi connectivity index (χ1n) is 7.51. The molecule has 0 saturated heterocycles. The molecule has 0 heterocycles. The molecule has 0 aromatic heterocycles. The third-order valence-corrected chi connectivity index (χ3v) is 3.50. The van der Waals surface area contributed by atoms with Crippen molar-refractivity contribution in [1.82, 2.24) is 0 Å². The number of hydrazone groups is 1. The van der Waals surface area contributed by atoms with E-state index in [1.54, 1.807) is 0 Å². The van der Waals surface area contributed by atoms with Crippen LogP contribution >= 0.6 is 0 Å². The van der Waals surface area contributed by atoms with Gasteiger partial charge in [-0.25, -0.2) is 0 Å². The molecule has 0 amide bonds. The Hall–Kier alpha value is -2.13. The molecule has 1 unspecified atom stereocenters. The van der Waals surface area contributed by atoms with E-state index >= 15 is 0 Å². The Kier molecular flexibility index (Phi) is 4.99. The largest absolute Gasteiger partial charge is 0.382 e. The monoisotopic (exact) mass is 296 g/mol. The summed E-state index contributed by atoms with van der Waals surface area (Å²) >= 11 is 0. The lowest BCUT2D eigenvalue weighted by molar-refractivity contribution is 0.234. The predicted molar refractivity (Wildman–Crippen MR) is 93.1 cm³/mol. The van der Waals surface area contributed by atoms with Gasteiger partial charge in [0.05, 0.1) is 11.4 Å². The zero-order valence-electron chi connectivity index (χ0n) is 13.7. The van der Waals surface area contributed by atoms with Crippen molar-refractivity contribution in [3.05, 3.63) is 65.7 Å². The van der Waals surface area contributed by atoms with Crippen LogP contribution in [0.15, 0.2) is 59.7 Å². The van der Waals surface area contributed by atoms with Crippen LogP contribution in [0.4, 0.5) is 5.69 Å². The number of nitrogens with zero attached hydrogens (tertiary/aromatic N) is 1. The normalized spacial score (nSPS) is 13.8. The summed E-state index contributed by atoms with van der Waals surface area (Å²) in [6.45, 7) is 8.20. The molecule has 2 aromatic rings. The van der Waals surface area contributed by atoms with Crippen LogP contribution in [0.2, 0.25) is 0 Å². The maximum absolute atomic E-state index is 10.7. The number of aliphatic hydroxyl groups is 1. The highest BCUT2D eigenvalue weighted by molar-refractivity contribution is 5.94. The number of anilines is 1. The standard InChI is InChI=1S/C19H24N2O/c1-14-10-12-16(13-11-14)20-21-18(19(2,3)4)17(22)15-8-6-5-7-9-15/h5-13,17,20,22H,1-4H3/b21-18-. The fraction of sp³-hybridized carbons (Fsp3) is 0.316. The van der Waals surface area contributed by atoms with Gasteiger partial charge in [0, 0.05) is 5.41 Å². The van der Waals surface area contributed by atoms with E-state index in [1.165, 1.54) is 5.56 Å². The molecule has 0 saturated carbocycles. The Morgan fingerprint density at radius 2 is 1.59 bits per heavy atom. The maximum atomic E-state index is 10.7. The van der Waals surface area contributed by atoms with Crippen molar-refractivity contribution < 1.29 is 5.11 Å². The molecule has 2 aromatic carbocycles. The fourth-order valence-corrected chi connectivity index (χ4v) is 2.19. The lowest BCUT2D eigenvalue weighted by atomic mass is 9.84. The second-order valence-corrected chi connectivity index (χ2v) is 6.54. The van der Waals surface area contributed by atoms with E-state index in [1.807, 2.05) is 61.5 Å². The molecule has 22 heavy (non-hydrogen) atoms. The highest BCUT2D eigenvalue weighted by Gasteiger charge is 2.27. The van der Waals surface area contributed by atoms with Gasteiger partial charge in [0.1, 0.15) is 6.10 Å². The van der Waals surface area contributed by atoms with Crippen LogP contribution in [-0.4, -0.2) is 10.8 Å². The van der Waals surface area contributed by atoms with Crippen LogP contribution in [0.25, 0.3) is 0 Å². The van der Waals surface area contributed by atoms with Crippen molar-refractivity contribution in [3.8, 4) is 0 Å². The van der Waals surface area contributed by atoms with Crippen molar-refractivity contribution in [2.75, 3.05) is 5.43 Å². The summed E-state index contributed by atoms with van der Waals surface area (Å²) in [4.78, 5) is 0. The van der Waals surface area contributed by atoms with Gasteiger partial charge in [0.2, 0.25) is 0 Å². The third-order valence-electron chi connectivity index (χ3n) is 3.50. The Labute approximate surface area is 132 Å². The average Bonchev–Trinajstić information content (AvgIpc) is 2.49. The predicted octanol–water partition coefficient (Wildman–Crippen LogP) is 4.54. The summed E-state index contributed by atoms with van der Waals surface area (Å²) in [7, 11) is 0. The molecule has 0 bridgehead atoms. The zero-order chi connectivity index (χ0) is 16.2. The topological polar surface area (TPSA) is 44.6 Å². The van der Waals surface area contributed by atoms with Gasteiger partial charge >= 0.3 is 0 Å². The summed E-state index contributed by atoms with van der Waals surface area (Å²) in [5, 5.41) is 15.2. The molecule has 3 nitrogen and oxygen atoms in total. The molecule has 0 aliphatic rings. The van der Waals surface area contributed by atoms with Crippen molar-refractivity contribution >= 4 is 11.4 Å². The quantitative estimate of drug-likeness (QED) is 0.642. The molecule has 116 valence electrons. The summed E-state index contributed by atoms with van der Waals surface area (Å²) in [6.07, 6.45) is -0.723. The minimum atomic E-state index is -0.723. The first-order chi connectivity index (χ1) is 10.4. The van der Waals surface area contributed by atoms with E-state index in [-0.39, 0.29) is 5.41 Å². The molecule has 2 N–H and O–H groups in total. The van der Waals surface area contributed by atoms with E-state index < -0.39 is 6.10 Å². The van der Waals surface area contributed by atoms with Gasteiger partial charge in [-0.05, 0) is 24.6 Å². The summed E-state index contributed by atoms with van der Waals surface area (Å²) in [6, 6.07) is 17.6. The number of aryl methyl sites for hydroxylation is 1.